The third kappa shape index (κ3) is 4.50. The topological polar surface area (TPSA) is 85.2 Å². The minimum atomic E-state index is -0.582. The van der Waals surface area contributed by atoms with Crippen LogP contribution in [0.15, 0.2) is 54.7 Å². The van der Waals surface area contributed by atoms with Crippen LogP contribution in [-0.4, -0.2) is 28.4 Å². The van der Waals surface area contributed by atoms with E-state index in [0.29, 0.717) is 16.4 Å². The summed E-state index contributed by atoms with van der Waals surface area (Å²) in [4.78, 5) is 24.8. The highest BCUT2D eigenvalue weighted by molar-refractivity contribution is 6.30. The van der Waals surface area contributed by atoms with E-state index in [1.54, 1.807) is 43.3 Å². The minimum absolute atomic E-state index is 0.140. The predicted molar refractivity (Wildman–Crippen MR) is 108 cm³/mol. The number of ether oxygens (including phenoxy) is 1. The molecule has 2 aromatic carbocycles. The molecule has 0 spiro atoms. The fourth-order valence-electron chi connectivity index (χ4n) is 2.54. The van der Waals surface area contributed by atoms with E-state index in [2.05, 4.69) is 15.7 Å². The zero-order valence-electron chi connectivity index (χ0n) is 15.4. The van der Waals surface area contributed by atoms with E-state index in [-0.39, 0.29) is 18.0 Å². The Morgan fingerprint density at radius 1 is 1.14 bits per heavy atom. The van der Waals surface area contributed by atoms with Crippen molar-refractivity contribution in [1.82, 2.24) is 9.78 Å². The third-order valence-electron chi connectivity index (χ3n) is 3.86. The van der Waals surface area contributed by atoms with Crippen molar-refractivity contribution in [3.05, 3.63) is 70.9 Å². The Bertz CT molecular complexity index is 999. The van der Waals surface area contributed by atoms with Crippen LogP contribution in [-0.2, 0) is 4.74 Å². The monoisotopic (exact) mass is 398 g/mol. The number of hydrogen-bond donors (Lipinski definition) is 2. The van der Waals surface area contributed by atoms with E-state index >= 15 is 0 Å². The molecule has 8 heteroatoms. The van der Waals surface area contributed by atoms with Crippen LogP contribution in [0.25, 0.3) is 5.69 Å². The number of rotatable bonds is 5. The van der Waals surface area contributed by atoms with Gasteiger partial charge in [-0.15, -0.1) is 0 Å². The van der Waals surface area contributed by atoms with Crippen LogP contribution in [0, 0.1) is 6.92 Å². The first-order valence-corrected chi connectivity index (χ1v) is 9.01. The molecule has 3 aromatic rings. The molecule has 0 aliphatic carbocycles. The van der Waals surface area contributed by atoms with Gasteiger partial charge in [0.15, 0.2) is 5.82 Å². The number of nitrogens with zero attached hydrogens (tertiary/aromatic N) is 2. The number of amides is 2. The number of carbonyl (C=O) groups is 2. The highest BCUT2D eigenvalue weighted by atomic mass is 35.5. The number of esters is 1. The maximum atomic E-state index is 12.5. The molecule has 0 saturated heterocycles. The summed E-state index contributed by atoms with van der Waals surface area (Å²) < 4.78 is 6.49. The zero-order chi connectivity index (χ0) is 20.1. The Hall–Kier alpha value is -3.32. The van der Waals surface area contributed by atoms with Gasteiger partial charge in [0.25, 0.3) is 0 Å². The van der Waals surface area contributed by atoms with Gasteiger partial charge in [-0.2, -0.15) is 5.10 Å². The summed E-state index contributed by atoms with van der Waals surface area (Å²) >= 11 is 6.06. The minimum Gasteiger partial charge on any atom is -0.462 e. The van der Waals surface area contributed by atoms with Crippen molar-refractivity contribution in [2.45, 2.75) is 13.8 Å². The van der Waals surface area contributed by atoms with E-state index in [9.17, 15) is 9.59 Å². The fourth-order valence-corrected chi connectivity index (χ4v) is 2.72. The number of urea groups is 1. The molecule has 2 N–H and O–H groups in total. The molecule has 0 atom stereocenters. The summed E-state index contributed by atoms with van der Waals surface area (Å²) in [5.74, 6) is -0.397. The second-order valence-corrected chi connectivity index (χ2v) is 6.40. The van der Waals surface area contributed by atoms with Gasteiger partial charge < -0.3 is 10.1 Å². The van der Waals surface area contributed by atoms with Crippen LogP contribution >= 0.6 is 11.6 Å². The van der Waals surface area contributed by atoms with E-state index < -0.39 is 12.0 Å². The molecule has 0 aliphatic rings. The zero-order valence-corrected chi connectivity index (χ0v) is 16.2. The second kappa shape index (κ2) is 8.58. The van der Waals surface area contributed by atoms with Crippen LogP contribution in [0.3, 0.4) is 0 Å². The fraction of sp³-hybridized carbons (Fsp3) is 0.150. The molecule has 2 amide bonds. The Morgan fingerprint density at radius 2 is 1.89 bits per heavy atom. The molecular weight excluding hydrogens is 380 g/mol. The average Bonchev–Trinajstić information content (AvgIpc) is 3.07. The molecule has 0 saturated carbocycles. The highest BCUT2D eigenvalue weighted by Crippen LogP contribution is 2.23. The second-order valence-electron chi connectivity index (χ2n) is 5.96. The Morgan fingerprint density at radius 3 is 2.57 bits per heavy atom. The van der Waals surface area contributed by atoms with E-state index in [1.807, 2.05) is 19.1 Å². The van der Waals surface area contributed by atoms with Gasteiger partial charge in [-0.1, -0.05) is 35.4 Å². The lowest BCUT2D eigenvalue weighted by Crippen LogP contribution is -2.23. The molecule has 7 nitrogen and oxygen atoms in total. The van der Waals surface area contributed by atoms with Crippen LogP contribution in [0.4, 0.5) is 16.3 Å². The molecule has 3 rings (SSSR count). The largest absolute Gasteiger partial charge is 0.462 e. The van der Waals surface area contributed by atoms with Gasteiger partial charge in [0.1, 0.15) is 5.56 Å². The lowest BCUT2D eigenvalue weighted by Gasteiger charge is -2.12. The molecule has 0 unspecified atom stereocenters. The number of hydrogen-bond acceptors (Lipinski definition) is 4. The molecule has 0 radical (unpaired) electrons. The average molecular weight is 399 g/mol. The van der Waals surface area contributed by atoms with Crippen LogP contribution in [0.1, 0.15) is 22.8 Å². The smallest absolute Gasteiger partial charge is 0.343 e. The van der Waals surface area contributed by atoms with Crippen molar-refractivity contribution in [3.8, 4) is 5.69 Å². The summed E-state index contributed by atoms with van der Waals surface area (Å²) in [7, 11) is 0. The number of aromatic nitrogens is 2. The molecule has 144 valence electrons. The van der Waals surface area contributed by atoms with Crippen LogP contribution in [0.2, 0.25) is 5.02 Å². The van der Waals surface area contributed by atoms with E-state index in [1.165, 1.54) is 10.9 Å². The van der Waals surface area contributed by atoms with Crippen molar-refractivity contribution in [2.24, 2.45) is 0 Å². The first-order valence-electron chi connectivity index (χ1n) is 8.63. The third-order valence-corrected chi connectivity index (χ3v) is 4.09. The van der Waals surface area contributed by atoms with Crippen molar-refractivity contribution in [2.75, 3.05) is 17.2 Å². The van der Waals surface area contributed by atoms with Crippen molar-refractivity contribution in [1.29, 1.82) is 0 Å². The molecular formula is C20H19ClN4O3. The number of carbonyl (C=O) groups excluding carboxylic acids is 2. The van der Waals surface area contributed by atoms with E-state index in [0.717, 1.165) is 5.56 Å². The van der Waals surface area contributed by atoms with Crippen LogP contribution < -0.4 is 10.6 Å². The first-order chi connectivity index (χ1) is 13.5. The molecule has 28 heavy (non-hydrogen) atoms. The van der Waals surface area contributed by atoms with Crippen LogP contribution in [0.5, 0.6) is 0 Å². The number of anilines is 2. The molecule has 0 bridgehead atoms. The lowest BCUT2D eigenvalue weighted by atomic mass is 10.2. The number of nitrogens with one attached hydrogen (secondary N) is 2. The van der Waals surface area contributed by atoms with Gasteiger partial charge in [-0.25, -0.2) is 14.3 Å². The van der Waals surface area contributed by atoms with E-state index in [4.69, 9.17) is 16.3 Å². The van der Waals surface area contributed by atoms with Gasteiger partial charge in [-0.05, 0) is 44.2 Å². The molecule has 0 fully saturated rings. The normalized spacial score (nSPS) is 10.4. The lowest BCUT2D eigenvalue weighted by molar-refractivity contribution is 0.0527. The summed E-state index contributed by atoms with van der Waals surface area (Å²) in [5, 5.41) is 10.1. The Labute approximate surface area is 167 Å². The van der Waals surface area contributed by atoms with Crippen molar-refractivity contribution < 1.29 is 14.3 Å². The van der Waals surface area contributed by atoms with Gasteiger partial charge >= 0.3 is 12.0 Å². The van der Waals surface area contributed by atoms with Crippen molar-refractivity contribution in [3.63, 3.8) is 0 Å². The standard InChI is InChI=1S/C20H19ClN4O3/c1-3-28-19(26)17-12-22-25(16-6-4-5-14(21)11-16)18(17)24-20(27)23-15-9-7-13(2)8-10-15/h4-12H,3H2,1-2H3,(H2,23,24,27). The van der Waals surface area contributed by atoms with Gasteiger partial charge in [0.2, 0.25) is 0 Å². The maximum absolute atomic E-state index is 12.5. The number of benzene rings is 2. The molecule has 1 heterocycles. The van der Waals surface area contributed by atoms with Gasteiger partial charge in [0.05, 0.1) is 18.5 Å². The Kier molecular flexibility index (Phi) is 5.96. The number of aryl methyl sites for hydroxylation is 1. The highest BCUT2D eigenvalue weighted by Gasteiger charge is 2.21. The quantitative estimate of drug-likeness (QED) is 0.612. The summed E-state index contributed by atoms with van der Waals surface area (Å²) in [5.41, 5.74) is 2.43. The van der Waals surface area contributed by atoms with Gasteiger partial charge in [-0.3, -0.25) is 5.32 Å². The SMILES string of the molecule is CCOC(=O)c1cnn(-c2cccc(Cl)c2)c1NC(=O)Nc1ccc(C)cc1. The van der Waals surface area contributed by atoms with Gasteiger partial charge in [0, 0.05) is 10.7 Å². The Balaban J connectivity index is 1.92. The summed E-state index contributed by atoms with van der Waals surface area (Å²) in [6.07, 6.45) is 1.35. The summed E-state index contributed by atoms with van der Waals surface area (Å²) in [6, 6.07) is 13.7. The van der Waals surface area contributed by atoms with Crippen molar-refractivity contribution >= 4 is 35.1 Å². The molecule has 0 aliphatic heterocycles. The first kappa shape index (κ1) is 19.4. The predicted octanol–water partition coefficient (Wildman–Crippen LogP) is 4.65. The maximum Gasteiger partial charge on any atom is 0.343 e. The number of halogens is 1. The molecule has 1 aromatic heterocycles. The summed E-state index contributed by atoms with van der Waals surface area (Å²) in [6.45, 7) is 3.87.